The zero-order valence-corrected chi connectivity index (χ0v) is 29.4. The fourth-order valence-corrected chi connectivity index (χ4v) is 9.27. The molecule has 0 N–H and O–H groups in total. The molecule has 0 aliphatic heterocycles. The summed E-state index contributed by atoms with van der Waals surface area (Å²) in [6, 6.07) is 71.5. The molecule has 0 saturated heterocycles. The molecule has 0 amide bonds. The first-order chi connectivity index (χ1) is 26.8. The fourth-order valence-electron chi connectivity index (χ4n) is 9.27. The minimum Gasteiger partial charge on any atom is -0.309 e. The van der Waals surface area contributed by atoms with E-state index in [0.29, 0.717) is 0 Å². The molecular formula is C52H32N2. The molecule has 10 aromatic carbocycles. The Hall–Kier alpha value is -7.16. The second-order valence-electron chi connectivity index (χ2n) is 14.5. The number of benzene rings is 10. The first-order valence-electron chi connectivity index (χ1n) is 18.7. The van der Waals surface area contributed by atoms with E-state index in [-0.39, 0.29) is 0 Å². The van der Waals surface area contributed by atoms with Crippen LogP contribution in [0.4, 0.5) is 0 Å². The molecular weight excluding hydrogens is 653 g/mol. The Morgan fingerprint density at radius 3 is 1.31 bits per heavy atom. The Morgan fingerprint density at radius 2 is 0.685 bits per heavy atom. The highest BCUT2D eigenvalue weighted by Crippen LogP contribution is 2.42. The number of para-hydroxylation sites is 2. The van der Waals surface area contributed by atoms with Gasteiger partial charge in [-0.15, -0.1) is 0 Å². The third-order valence-electron chi connectivity index (χ3n) is 11.7. The number of rotatable bonds is 3. The van der Waals surface area contributed by atoms with E-state index in [2.05, 4.69) is 203 Å². The van der Waals surface area contributed by atoms with Crippen LogP contribution in [0.3, 0.4) is 0 Å². The van der Waals surface area contributed by atoms with Gasteiger partial charge in [0.25, 0.3) is 0 Å². The van der Waals surface area contributed by atoms with Crippen molar-refractivity contribution in [1.82, 2.24) is 9.13 Å². The van der Waals surface area contributed by atoms with Crippen LogP contribution in [0.2, 0.25) is 0 Å². The lowest BCUT2D eigenvalue weighted by molar-refractivity contribution is 1.20. The summed E-state index contributed by atoms with van der Waals surface area (Å²) in [5.74, 6) is 0. The fraction of sp³-hybridized carbons (Fsp3) is 0. The van der Waals surface area contributed by atoms with E-state index in [1.54, 1.807) is 0 Å². The summed E-state index contributed by atoms with van der Waals surface area (Å²) in [5, 5.41) is 15.2. The van der Waals surface area contributed by atoms with E-state index in [0.717, 1.165) is 0 Å². The molecule has 0 aliphatic carbocycles. The van der Waals surface area contributed by atoms with Gasteiger partial charge in [-0.1, -0.05) is 146 Å². The van der Waals surface area contributed by atoms with Crippen LogP contribution in [0, 0.1) is 0 Å². The van der Waals surface area contributed by atoms with Gasteiger partial charge in [-0.2, -0.15) is 0 Å². The van der Waals surface area contributed by atoms with Crippen LogP contribution in [0.25, 0.3) is 109 Å². The molecule has 0 spiro atoms. The average Bonchev–Trinajstić information content (AvgIpc) is 3.76. The zero-order valence-electron chi connectivity index (χ0n) is 29.4. The quantitative estimate of drug-likeness (QED) is 0.175. The summed E-state index contributed by atoms with van der Waals surface area (Å²) in [5.41, 5.74) is 9.75. The van der Waals surface area contributed by atoms with Gasteiger partial charge in [0.15, 0.2) is 0 Å². The van der Waals surface area contributed by atoms with Gasteiger partial charge in [0.2, 0.25) is 0 Å². The van der Waals surface area contributed by atoms with Gasteiger partial charge in [0.05, 0.1) is 33.4 Å². The Labute approximate surface area is 311 Å². The molecule has 0 aliphatic rings. The Kier molecular flexibility index (Phi) is 6.09. The Morgan fingerprint density at radius 1 is 0.241 bits per heavy atom. The van der Waals surface area contributed by atoms with Gasteiger partial charge < -0.3 is 9.13 Å². The van der Waals surface area contributed by atoms with Crippen molar-refractivity contribution in [1.29, 1.82) is 0 Å². The van der Waals surface area contributed by atoms with Crippen molar-refractivity contribution in [3.05, 3.63) is 194 Å². The molecule has 0 radical (unpaired) electrons. The molecule has 2 heteroatoms. The molecule has 0 atom stereocenters. The van der Waals surface area contributed by atoms with Crippen molar-refractivity contribution in [2.75, 3.05) is 0 Å². The van der Waals surface area contributed by atoms with Crippen molar-refractivity contribution < 1.29 is 0 Å². The molecule has 12 rings (SSSR count). The number of fused-ring (bicyclic) bond motifs is 12. The van der Waals surface area contributed by atoms with Crippen LogP contribution in [0.15, 0.2) is 194 Å². The first kappa shape index (κ1) is 29.4. The normalized spacial score (nSPS) is 12.1. The topological polar surface area (TPSA) is 9.86 Å². The van der Waals surface area contributed by atoms with Crippen LogP contribution in [0.5, 0.6) is 0 Å². The van der Waals surface area contributed by atoms with Crippen LogP contribution in [-0.4, -0.2) is 9.13 Å². The average molecular weight is 685 g/mol. The molecule has 54 heavy (non-hydrogen) atoms. The highest BCUT2D eigenvalue weighted by atomic mass is 15.0. The van der Waals surface area contributed by atoms with E-state index >= 15 is 0 Å². The number of hydrogen-bond acceptors (Lipinski definition) is 0. The molecule has 250 valence electrons. The van der Waals surface area contributed by atoms with Gasteiger partial charge in [-0.25, -0.2) is 0 Å². The maximum Gasteiger partial charge on any atom is 0.0547 e. The number of nitrogens with zero attached hydrogens (tertiary/aromatic N) is 2. The lowest BCUT2D eigenvalue weighted by Crippen LogP contribution is -1.95. The SMILES string of the molecule is c1ccc2c(-n3c4ccccc4c4c5ccc(-c6ccc7ccc8c(c7c6)c6ccccc6n8-c6cccc7ccccc67)cc5ccc43)cccc2c1. The largest absolute Gasteiger partial charge is 0.309 e. The maximum atomic E-state index is 2.45. The van der Waals surface area contributed by atoms with Crippen molar-refractivity contribution in [3.63, 3.8) is 0 Å². The maximum absolute atomic E-state index is 2.45. The van der Waals surface area contributed by atoms with Crippen LogP contribution in [-0.2, 0) is 0 Å². The van der Waals surface area contributed by atoms with E-state index in [1.807, 2.05) is 0 Å². The van der Waals surface area contributed by atoms with Crippen LogP contribution in [0.1, 0.15) is 0 Å². The number of aromatic nitrogens is 2. The first-order valence-corrected chi connectivity index (χ1v) is 18.7. The standard InChI is InChI=1S/C52H32N2/c1-3-15-39-33(11-1)13-9-21-45(39)53-47-19-7-5-17-42(47)51-41-28-25-36(31-38(41)27-30-49(51)53)37-24-23-35-26-29-50-52(44(35)32-37)43-18-6-8-20-48(43)54(50)46-22-10-14-34-12-2-4-16-40(34)46/h1-32H. The van der Waals surface area contributed by atoms with E-state index in [4.69, 9.17) is 0 Å². The van der Waals surface area contributed by atoms with Crippen LogP contribution < -0.4 is 0 Å². The molecule has 2 nitrogen and oxygen atoms in total. The zero-order chi connectivity index (χ0) is 35.3. The molecule has 12 aromatic rings. The minimum absolute atomic E-state index is 1.21. The summed E-state index contributed by atoms with van der Waals surface area (Å²) in [7, 11) is 0. The smallest absolute Gasteiger partial charge is 0.0547 e. The monoisotopic (exact) mass is 684 g/mol. The summed E-state index contributed by atoms with van der Waals surface area (Å²) >= 11 is 0. The predicted molar refractivity (Wildman–Crippen MR) is 231 cm³/mol. The van der Waals surface area contributed by atoms with E-state index in [1.165, 1.54) is 109 Å². The highest BCUT2D eigenvalue weighted by Gasteiger charge is 2.19. The second kappa shape index (κ2) is 11.2. The molecule has 2 aromatic heterocycles. The summed E-state index contributed by atoms with van der Waals surface area (Å²) < 4.78 is 4.90. The van der Waals surface area contributed by atoms with Crippen molar-refractivity contribution in [2.24, 2.45) is 0 Å². The van der Waals surface area contributed by atoms with E-state index < -0.39 is 0 Å². The molecule has 0 fully saturated rings. The van der Waals surface area contributed by atoms with Gasteiger partial charge in [0, 0.05) is 32.3 Å². The predicted octanol–water partition coefficient (Wildman–Crippen LogP) is 14.2. The summed E-state index contributed by atoms with van der Waals surface area (Å²) in [4.78, 5) is 0. The Bertz CT molecular complexity index is 3500. The molecule has 2 heterocycles. The third kappa shape index (κ3) is 4.11. The molecule has 0 saturated carbocycles. The summed E-state index contributed by atoms with van der Waals surface area (Å²) in [6.45, 7) is 0. The van der Waals surface area contributed by atoms with Gasteiger partial charge in [-0.05, 0) is 92.0 Å². The number of hydrogen-bond donors (Lipinski definition) is 0. The Balaban J connectivity index is 1.07. The van der Waals surface area contributed by atoms with Gasteiger partial charge in [0.1, 0.15) is 0 Å². The van der Waals surface area contributed by atoms with Crippen molar-refractivity contribution >= 4 is 86.7 Å². The lowest BCUT2D eigenvalue weighted by atomic mass is 9.95. The van der Waals surface area contributed by atoms with Crippen molar-refractivity contribution in [3.8, 4) is 22.5 Å². The van der Waals surface area contributed by atoms with E-state index in [9.17, 15) is 0 Å². The molecule has 0 bridgehead atoms. The third-order valence-corrected chi connectivity index (χ3v) is 11.7. The molecule has 0 unspecified atom stereocenters. The lowest BCUT2D eigenvalue weighted by Gasteiger charge is -2.12. The van der Waals surface area contributed by atoms with Crippen molar-refractivity contribution in [2.45, 2.75) is 0 Å². The van der Waals surface area contributed by atoms with Gasteiger partial charge >= 0.3 is 0 Å². The summed E-state index contributed by atoms with van der Waals surface area (Å²) in [6.07, 6.45) is 0. The van der Waals surface area contributed by atoms with Gasteiger partial charge in [-0.3, -0.25) is 0 Å². The van der Waals surface area contributed by atoms with Crippen LogP contribution >= 0.6 is 0 Å². The minimum atomic E-state index is 1.21. The highest BCUT2D eigenvalue weighted by molar-refractivity contribution is 6.24. The second-order valence-corrected chi connectivity index (χ2v) is 14.5.